The van der Waals surface area contributed by atoms with Crippen molar-refractivity contribution in [3.63, 3.8) is 0 Å². The van der Waals surface area contributed by atoms with Crippen molar-refractivity contribution in [1.82, 2.24) is 20.1 Å². The number of thioether (sulfide) groups is 1. The number of nitrogens with two attached hydrogens (primary N) is 1. The van der Waals surface area contributed by atoms with Crippen molar-refractivity contribution in [2.24, 2.45) is 5.16 Å². The van der Waals surface area contributed by atoms with E-state index in [0.717, 1.165) is 16.2 Å². The molecule has 198 valence electrons. The molecule has 4 rings (SSSR count). The van der Waals surface area contributed by atoms with Crippen molar-refractivity contribution < 1.29 is 39.0 Å². The van der Waals surface area contributed by atoms with Crippen LogP contribution in [0, 0.1) is 0 Å². The van der Waals surface area contributed by atoms with Gasteiger partial charge in [0, 0.05) is 44.4 Å². The largest absolute Gasteiger partial charge is 0.477 e. The van der Waals surface area contributed by atoms with E-state index in [0.29, 0.717) is 24.1 Å². The minimum absolute atomic E-state index is 0.0378. The third-order valence-electron chi connectivity index (χ3n) is 6.29. The number of oxime groups is 1. The van der Waals surface area contributed by atoms with Crippen LogP contribution < -0.4 is 11.1 Å². The van der Waals surface area contributed by atoms with Crippen LogP contribution in [0.5, 0.6) is 0 Å². The van der Waals surface area contributed by atoms with E-state index in [1.807, 2.05) is 0 Å². The summed E-state index contributed by atoms with van der Waals surface area (Å²) in [7, 11) is 2.82. The molecule has 0 spiro atoms. The maximum Gasteiger partial charge on any atom is 0.352 e. The molecule has 0 radical (unpaired) electrons. The summed E-state index contributed by atoms with van der Waals surface area (Å²) in [4.78, 5) is 57.1. The zero-order valence-corrected chi connectivity index (χ0v) is 21.6. The van der Waals surface area contributed by atoms with Crippen molar-refractivity contribution in [2.75, 3.05) is 32.3 Å². The first-order chi connectivity index (χ1) is 17.6. The molecule has 0 aromatic carbocycles. The third kappa shape index (κ3) is 4.56. The van der Waals surface area contributed by atoms with Crippen LogP contribution in [0.25, 0.3) is 0 Å². The van der Waals surface area contributed by atoms with E-state index >= 15 is 0 Å². The van der Waals surface area contributed by atoms with Gasteiger partial charge in [-0.15, -0.1) is 23.1 Å². The zero-order valence-electron chi connectivity index (χ0n) is 20.0. The van der Waals surface area contributed by atoms with Crippen molar-refractivity contribution >= 4 is 57.6 Å². The summed E-state index contributed by atoms with van der Waals surface area (Å²) >= 11 is 2.27. The second-order valence-corrected chi connectivity index (χ2v) is 10.2. The summed E-state index contributed by atoms with van der Waals surface area (Å²) in [6.07, 6.45) is 1.83. The maximum atomic E-state index is 13.0. The van der Waals surface area contributed by atoms with Gasteiger partial charge in [0.25, 0.3) is 23.6 Å². The van der Waals surface area contributed by atoms with Crippen molar-refractivity contribution in [3.8, 4) is 0 Å². The number of carboxylic acid groups (broad SMARTS) is 1. The van der Waals surface area contributed by atoms with Crippen molar-refractivity contribution in [3.05, 3.63) is 34.0 Å². The van der Waals surface area contributed by atoms with Gasteiger partial charge in [0.05, 0.1) is 0 Å². The Morgan fingerprint density at radius 3 is 2.62 bits per heavy atom. The number of anilines is 1. The molecule has 37 heavy (non-hydrogen) atoms. The molecular formula is C21H24N6O8S2. The fourth-order valence-corrected chi connectivity index (χ4v) is 6.08. The number of nitrogen functional groups attached to an aromatic ring is 1. The van der Waals surface area contributed by atoms with Crippen LogP contribution in [-0.4, -0.2) is 98.3 Å². The maximum absolute atomic E-state index is 13.0. The van der Waals surface area contributed by atoms with Crippen molar-refractivity contribution in [1.29, 1.82) is 0 Å². The van der Waals surface area contributed by atoms with E-state index in [-0.39, 0.29) is 28.2 Å². The molecule has 16 heteroatoms. The van der Waals surface area contributed by atoms with Crippen LogP contribution in [0.2, 0.25) is 0 Å². The van der Waals surface area contributed by atoms with Gasteiger partial charge in [0.1, 0.15) is 22.8 Å². The predicted molar refractivity (Wildman–Crippen MR) is 131 cm³/mol. The normalized spacial score (nSPS) is 23.4. The van der Waals surface area contributed by atoms with E-state index in [1.54, 1.807) is 6.92 Å². The van der Waals surface area contributed by atoms with Crippen LogP contribution in [-0.2, 0) is 28.7 Å². The number of β-lactam (4-membered cyclic amide) rings is 1. The highest BCUT2D eigenvalue weighted by Crippen LogP contribution is 2.41. The molecule has 2 saturated heterocycles. The van der Waals surface area contributed by atoms with E-state index < -0.39 is 40.8 Å². The van der Waals surface area contributed by atoms with Gasteiger partial charge in [-0.3, -0.25) is 24.2 Å². The number of amides is 3. The van der Waals surface area contributed by atoms with Crippen molar-refractivity contribution in [2.45, 2.75) is 30.7 Å². The molecule has 0 bridgehead atoms. The van der Waals surface area contributed by atoms with Crippen LogP contribution in [0.4, 0.5) is 5.13 Å². The summed E-state index contributed by atoms with van der Waals surface area (Å²) in [5.74, 6) is -4.32. The number of aliphatic carboxylic acids is 1. The highest BCUT2D eigenvalue weighted by molar-refractivity contribution is 8.00. The Balaban J connectivity index is 1.54. The number of thiazole rings is 1. The number of fused-ring (bicyclic) bond motifs is 1. The molecule has 14 nitrogen and oxygen atoms in total. The quantitative estimate of drug-likeness (QED) is 0.0830. The first-order valence-electron chi connectivity index (χ1n) is 10.8. The summed E-state index contributed by atoms with van der Waals surface area (Å²) in [6, 6.07) is -1.05. The van der Waals surface area contributed by atoms with Gasteiger partial charge < -0.3 is 30.8 Å². The number of hydrogen-bond acceptors (Lipinski definition) is 12. The topological polar surface area (TPSA) is 197 Å². The summed E-state index contributed by atoms with van der Waals surface area (Å²) in [5, 5.41) is 25.5. The Labute approximate surface area is 218 Å². The average molecular weight is 553 g/mol. The fourth-order valence-electron chi connectivity index (χ4n) is 4.22. The second-order valence-electron chi connectivity index (χ2n) is 8.24. The highest BCUT2D eigenvalue weighted by atomic mass is 32.2. The third-order valence-corrected chi connectivity index (χ3v) is 8.26. The van der Waals surface area contributed by atoms with E-state index in [1.165, 1.54) is 42.3 Å². The first-order valence-corrected chi connectivity index (χ1v) is 12.8. The molecule has 1 aromatic rings. The van der Waals surface area contributed by atoms with Gasteiger partial charge in [0.2, 0.25) is 0 Å². The van der Waals surface area contributed by atoms with Gasteiger partial charge >= 0.3 is 5.97 Å². The molecule has 2 fully saturated rings. The number of carboxylic acids is 1. The highest BCUT2D eigenvalue weighted by Gasteiger charge is 2.54. The van der Waals surface area contributed by atoms with Crippen LogP contribution in [0.15, 0.2) is 33.5 Å². The smallest absolute Gasteiger partial charge is 0.352 e. The Morgan fingerprint density at radius 2 is 2.05 bits per heavy atom. The molecular weight excluding hydrogens is 528 g/mol. The molecule has 0 saturated carbocycles. The number of allylic oxidation sites excluding steroid dienone is 1. The zero-order chi connectivity index (χ0) is 27.1. The number of nitrogens with one attached hydrogen (secondary N) is 1. The van der Waals surface area contributed by atoms with Gasteiger partial charge in [-0.2, -0.15) is 0 Å². The fraction of sp³-hybridized carbons (Fsp3) is 0.429. The first kappa shape index (κ1) is 26.6. The van der Waals surface area contributed by atoms with E-state index in [9.17, 15) is 29.5 Å². The molecule has 4 heterocycles. The van der Waals surface area contributed by atoms with Gasteiger partial charge in [-0.05, 0) is 18.1 Å². The number of ether oxygens (including phenoxy) is 2. The van der Waals surface area contributed by atoms with Crippen LogP contribution in [0.3, 0.4) is 0 Å². The molecule has 3 amide bonds. The number of likely N-dealkylation sites (tertiary alicyclic amines) is 1. The molecule has 3 aliphatic heterocycles. The lowest BCUT2D eigenvalue weighted by Crippen LogP contribution is -2.71. The Bertz CT molecular complexity index is 1250. The number of rotatable bonds is 8. The van der Waals surface area contributed by atoms with Gasteiger partial charge in [-0.1, -0.05) is 5.16 Å². The number of hydrogen-bond donors (Lipinski definition) is 4. The molecule has 1 aromatic heterocycles. The summed E-state index contributed by atoms with van der Waals surface area (Å²) in [6.45, 7) is 1.91. The lowest BCUT2D eigenvalue weighted by Gasteiger charge is -2.49. The van der Waals surface area contributed by atoms with E-state index in [2.05, 4.69) is 15.5 Å². The lowest BCUT2D eigenvalue weighted by molar-refractivity contribution is -0.271. The summed E-state index contributed by atoms with van der Waals surface area (Å²) < 4.78 is 10.6. The number of carbonyl (C=O) groups excluding carboxylic acids is 3. The summed E-state index contributed by atoms with van der Waals surface area (Å²) in [5.41, 5.74) is 5.56. The monoisotopic (exact) mass is 552 g/mol. The molecule has 5 N–H and O–H groups in total. The Morgan fingerprint density at radius 1 is 1.35 bits per heavy atom. The number of methoxy groups -OCH3 is 2. The van der Waals surface area contributed by atoms with Gasteiger partial charge in [0.15, 0.2) is 10.8 Å². The Kier molecular flexibility index (Phi) is 7.27. The number of aromatic nitrogens is 1. The predicted octanol–water partition coefficient (Wildman–Crippen LogP) is -0.233. The molecule has 2 unspecified atom stereocenters. The van der Waals surface area contributed by atoms with E-state index in [4.69, 9.17) is 15.2 Å². The number of nitrogens with zero attached hydrogens (tertiary/aromatic N) is 4. The SMILES string of the molecule is COC(C)(OC)N1CCC(=CC2=C(C(=O)O)N3C(=O)C(NC(=O)C(=NO)c4csc(N)n4)C3SC2)C1=O. The lowest BCUT2D eigenvalue weighted by atomic mass is 10.0. The van der Waals surface area contributed by atoms with Crippen LogP contribution in [0.1, 0.15) is 19.0 Å². The van der Waals surface area contributed by atoms with Crippen LogP contribution >= 0.6 is 23.1 Å². The standard InChI is InChI=1S/C21H24N6O8S2/c1-21(34-2,35-3)26-5-4-9(16(26)29)6-10-7-36-18-13(17(30)27(18)14(10)19(31)32)24-15(28)12(25-33)11-8-37-20(22)23-11/h6,8,13,18,33H,4-5,7H2,1-3H3,(H2,22,23)(H,24,28)(H,31,32). The molecule has 3 aliphatic rings. The minimum atomic E-state index is -1.34. The number of carbonyl (C=O) groups is 4. The van der Waals surface area contributed by atoms with Gasteiger partial charge in [-0.25, -0.2) is 9.78 Å². The Hall–Kier alpha value is -3.47. The minimum Gasteiger partial charge on any atom is -0.477 e. The molecule has 0 aliphatic carbocycles. The second kappa shape index (κ2) is 10.1. The molecule has 2 atom stereocenters. The average Bonchev–Trinajstić information content (AvgIpc) is 3.47.